The standard InChI is InChI=1S/C11H20O5/c1-6(2)15-10-7(3)9(16-11(10)13)5-14-8(4)12/h6-7,9-11,13H,5H2,1-4H3/t7?,9-,10-,11+/m1/s1. The minimum atomic E-state index is -0.946. The van der Waals surface area contributed by atoms with Gasteiger partial charge in [0, 0.05) is 12.8 Å². The Morgan fingerprint density at radius 1 is 1.50 bits per heavy atom. The second kappa shape index (κ2) is 5.61. The maximum absolute atomic E-state index is 10.7. The van der Waals surface area contributed by atoms with Gasteiger partial charge < -0.3 is 19.3 Å². The van der Waals surface area contributed by atoms with Gasteiger partial charge in [0.05, 0.1) is 6.10 Å². The zero-order valence-electron chi connectivity index (χ0n) is 10.2. The Balaban J connectivity index is 2.49. The van der Waals surface area contributed by atoms with E-state index >= 15 is 0 Å². The molecular formula is C11H20O5. The van der Waals surface area contributed by atoms with Crippen molar-refractivity contribution in [2.45, 2.75) is 52.3 Å². The van der Waals surface area contributed by atoms with Gasteiger partial charge in [-0.25, -0.2) is 0 Å². The molecule has 1 N–H and O–H groups in total. The van der Waals surface area contributed by atoms with Gasteiger partial charge in [-0.2, -0.15) is 0 Å². The smallest absolute Gasteiger partial charge is 0.302 e. The van der Waals surface area contributed by atoms with Crippen molar-refractivity contribution in [3.63, 3.8) is 0 Å². The molecule has 1 saturated heterocycles. The monoisotopic (exact) mass is 232 g/mol. The minimum Gasteiger partial charge on any atom is -0.463 e. The summed E-state index contributed by atoms with van der Waals surface area (Å²) in [4.78, 5) is 10.7. The van der Waals surface area contributed by atoms with Gasteiger partial charge in [0.25, 0.3) is 0 Å². The van der Waals surface area contributed by atoms with Gasteiger partial charge in [-0.1, -0.05) is 6.92 Å². The van der Waals surface area contributed by atoms with Crippen molar-refractivity contribution >= 4 is 5.97 Å². The molecule has 16 heavy (non-hydrogen) atoms. The molecule has 5 heteroatoms. The molecule has 0 radical (unpaired) electrons. The molecule has 1 aliphatic heterocycles. The maximum Gasteiger partial charge on any atom is 0.302 e. The summed E-state index contributed by atoms with van der Waals surface area (Å²) >= 11 is 0. The van der Waals surface area contributed by atoms with Gasteiger partial charge in [-0.15, -0.1) is 0 Å². The van der Waals surface area contributed by atoms with E-state index < -0.39 is 6.29 Å². The van der Waals surface area contributed by atoms with E-state index in [1.54, 1.807) is 0 Å². The van der Waals surface area contributed by atoms with Crippen molar-refractivity contribution in [3.05, 3.63) is 0 Å². The number of aliphatic hydroxyl groups is 1. The number of esters is 1. The molecule has 1 aliphatic rings. The number of hydrogen-bond acceptors (Lipinski definition) is 5. The summed E-state index contributed by atoms with van der Waals surface area (Å²) < 4.78 is 15.7. The van der Waals surface area contributed by atoms with Crippen LogP contribution in [-0.4, -0.2) is 42.3 Å². The Hall–Kier alpha value is -0.650. The Morgan fingerprint density at radius 3 is 2.62 bits per heavy atom. The van der Waals surface area contributed by atoms with Crippen LogP contribution in [0.2, 0.25) is 0 Å². The predicted octanol–water partition coefficient (Wildman–Crippen LogP) is 0.696. The Labute approximate surface area is 95.7 Å². The average Bonchev–Trinajstić information content (AvgIpc) is 2.42. The lowest BCUT2D eigenvalue weighted by Gasteiger charge is -2.21. The molecule has 0 bridgehead atoms. The van der Waals surface area contributed by atoms with Gasteiger partial charge in [0.15, 0.2) is 6.29 Å². The lowest BCUT2D eigenvalue weighted by Crippen LogP contribution is -2.32. The van der Waals surface area contributed by atoms with Crippen molar-refractivity contribution in [2.75, 3.05) is 6.61 Å². The molecule has 1 fully saturated rings. The highest BCUT2D eigenvalue weighted by Gasteiger charge is 2.42. The fraction of sp³-hybridized carbons (Fsp3) is 0.909. The van der Waals surface area contributed by atoms with Crippen molar-refractivity contribution < 1.29 is 24.1 Å². The first-order valence-corrected chi connectivity index (χ1v) is 5.54. The van der Waals surface area contributed by atoms with Crippen molar-refractivity contribution in [1.82, 2.24) is 0 Å². The maximum atomic E-state index is 10.7. The highest BCUT2D eigenvalue weighted by atomic mass is 16.7. The van der Waals surface area contributed by atoms with E-state index in [9.17, 15) is 9.90 Å². The summed E-state index contributed by atoms with van der Waals surface area (Å²) in [6.07, 6.45) is -1.58. The summed E-state index contributed by atoms with van der Waals surface area (Å²) in [5.41, 5.74) is 0. The molecule has 1 unspecified atom stereocenters. The molecule has 0 aromatic heterocycles. The summed E-state index contributed by atoms with van der Waals surface area (Å²) in [6, 6.07) is 0. The molecule has 0 aromatic carbocycles. The number of rotatable bonds is 4. The van der Waals surface area contributed by atoms with E-state index in [1.807, 2.05) is 20.8 Å². The third-order valence-corrected chi connectivity index (χ3v) is 2.58. The molecule has 0 aromatic rings. The largest absolute Gasteiger partial charge is 0.463 e. The van der Waals surface area contributed by atoms with Gasteiger partial charge >= 0.3 is 5.97 Å². The van der Waals surface area contributed by atoms with Crippen LogP contribution in [0, 0.1) is 5.92 Å². The SMILES string of the molecule is CC(=O)OC[C@H]1O[C@H](O)[C@H](OC(C)C)C1C. The Kier molecular flexibility index (Phi) is 4.70. The quantitative estimate of drug-likeness (QED) is 0.723. The van der Waals surface area contributed by atoms with Crippen LogP contribution in [-0.2, 0) is 19.0 Å². The Morgan fingerprint density at radius 2 is 2.12 bits per heavy atom. The minimum absolute atomic E-state index is 0.00301. The Bertz CT molecular complexity index is 241. The molecule has 1 rings (SSSR count). The molecular weight excluding hydrogens is 212 g/mol. The normalized spacial score (nSPS) is 34.4. The van der Waals surface area contributed by atoms with Crippen molar-refractivity contribution in [1.29, 1.82) is 0 Å². The number of carbonyl (C=O) groups excluding carboxylic acids is 1. The zero-order valence-corrected chi connectivity index (χ0v) is 10.2. The second-order valence-electron chi connectivity index (χ2n) is 4.38. The highest BCUT2D eigenvalue weighted by molar-refractivity contribution is 5.65. The molecule has 5 nitrogen and oxygen atoms in total. The van der Waals surface area contributed by atoms with E-state index in [1.165, 1.54) is 6.92 Å². The van der Waals surface area contributed by atoms with Crippen LogP contribution in [0.3, 0.4) is 0 Å². The summed E-state index contributed by atoms with van der Waals surface area (Å²) in [7, 11) is 0. The van der Waals surface area contributed by atoms with Gasteiger partial charge in [0.2, 0.25) is 0 Å². The molecule has 0 amide bonds. The topological polar surface area (TPSA) is 65.0 Å². The van der Waals surface area contributed by atoms with Crippen LogP contribution in [0.25, 0.3) is 0 Å². The fourth-order valence-corrected chi connectivity index (χ4v) is 1.75. The van der Waals surface area contributed by atoms with E-state index in [0.717, 1.165) is 0 Å². The lowest BCUT2D eigenvalue weighted by molar-refractivity contribution is -0.163. The first-order valence-electron chi connectivity index (χ1n) is 5.54. The molecule has 4 atom stereocenters. The van der Waals surface area contributed by atoms with Crippen molar-refractivity contribution in [2.24, 2.45) is 5.92 Å². The average molecular weight is 232 g/mol. The van der Waals surface area contributed by atoms with Crippen LogP contribution in [0.4, 0.5) is 0 Å². The first kappa shape index (κ1) is 13.4. The third kappa shape index (κ3) is 3.43. The number of hydrogen-bond donors (Lipinski definition) is 1. The van der Waals surface area contributed by atoms with Gasteiger partial charge in [-0.3, -0.25) is 4.79 Å². The van der Waals surface area contributed by atoms with E-state index in [-0.39, 0.29) is 36.8 Å². The molecule has 0 saturated carbocycles. The van der Waals surface area contributed by atoms with Gasteiger partial charge in [0.1, 0.15) is 18.8 Å². The first-order chi connectivity index (χ1) is 7.41. The van der Waals surface area contributed by atoms with Crippen LogP contribution in [0.1, 0.15) is 27.7 Å². The van der Waals surface area contributed by atoms with Gasteiger partial charge in [-0.05, 0) is 13.8 Å². The number of ether oxygens (including phenoxy) is 3. The molecule has 0 aliphatic carbocycles. The number of carbonyl (C=O) groups is 1. The molecule has 0 spiro atoms. The van der Waals surface area contributed by atoms with Crippen LogP contribution in [0.15, 0.2) is 0 Å². The van der Waals surface area contributed by atoms with Crippen LogP contribution in [0.5, 0.6) is 0 Å². The summed E-state index contributed by atoms with van der Waals surface area (Å²) in [5.74, 6) is -0.352. The van der Waals surface area contributed by atoms with Crippen LogP contribution < -0.4 is 0 Å². The summed E-state index contributed by atoms with van der Waals surface area (Å²) in [6.45, 7) is 7.22. The summed E-state index contributed by atoms with van der Waals surface area (Å²) in [5, 5.41) is 9.66. The third-order valence-electron chi connectivity index (χ3n) is 2.58. The zero-order chi connectivity index (χ0) is 12.3. The molecule has 1 heterocycles. The number of aliphatic hydroxyl groups excluding tert-OH is 1. The highest BCUT2D eigenvalue weighted by Crippen LogP contribution is 2.29. The van der Waals surface area contributed by atoms with E-state index in [4.69, 9.17) is 14.2 Å². The van der Waals surface area contributed by atoms with Crippen LogP contribution >= 0.6 is 0 Å². The van der Waals surface area contributed by atoms with E-state index in [2.05, 4.69) is 0 Å². The van der Waals surface area contributed by atoms with E-state index in [0.29, 0.717) is 0 Å². The molecule has 94 valence electrons. The fourth-order valence-electron chi connectivity index (χ4n) is 1.75. The lowest BCUT2D eigenvalue weighted by atomic mass is 10.0. The van der Waals surface area contributed by atoms with Crippen molar-refractivity contribution in [3.8, 4) is 0 Å². The predicted molar refractivity (Wildman–Crippen MR) is 56.7 cm³/mol. The second-order valence-corrected chi connectivity index (χ2v) is 4.38.